The second-order valence-electron chi connectivity index (χ2n) is 35.3. The topological polar surface area (TPSA) is 275 Å². The van der Waals surface area contributed by atoms with Gasteiger partial charge >= 0.3 is 30.5 Å². The average molecular weight is 1970 g/mol. The summed E-state index contributed by atoms with van der Waals surface area (Å²) < 4.78 is 101. The Morgan fingerprint density at radius 3 is 1.15 bits per heavy atom. The first-order valence-electron chi connectivity index (χ1n) is 39.6. The summed E-state index contributed by atoms with van der Waals surface area (Å²) in [5.74, 6) is -3.11. The Bertz CT molecular complexity index is 6470. The zero-order chi connectivity index (χ0) is 95.6. The van der Waals surface area contributed by atoms with Crippen LogP contribution in [0.15, 0.2) is 96.1 Å². The molecule has 0 radical (unpaired) electrons. The number of carbonyl (C=O) groups is 5. The molecule has 0 unspecified atom stereocenters. The normalized spacial score (nSPS) is 12.3. The third-order valence-corrected chi connectivity index (χ3v) is 22.5. The third kappa shape index (κ3) is 21.7. The summed E-state index contributed by atoms with van der Waals surface area (Å²) in [5.41, 5.74) is 10.4. The average Bonchev–Trinajstić information content (AvgIpc) is 1.55. The quantitative estimate of drug-likeness (QED) is 0.0551. The van der Waals surface area contributed by atoms with E-state index in [1.54, 1.807) is 155 Å². The van der Waals surface area contributed by atoms with Crippen molar-refractivity contribution in [1.82, 2.24) is 19.9 Å². The van der Waals surface area contributed by atoms with Crippen LogP contribution in [-0.2, 0) is 55.8 Å². The lowest BCUT2D eigenvalue weighted by atomic mass is 9.98. The van der Waals surface area contributed by atoms with Crippen molar-refractivity contribution in [1.29, 1.82) is 10.5 Å². The van der Waals surface area contributed by atoms with Crippen LogP contribution >= 0.6 is 85.5 Å². The molecule has 0 atom stereocenters. The molecule has 10 aromatic rings. The molecule has 5 heterocycles. The molecular weight excluding hydrogens is 1870 g/mol. The minimum absolute atomic E-state index is 0. The summed E-state index contributed by atoms with van der Waals surface area (Å²) in [6.45, 7) is 33.8. The van der Waals surface area contributed by atoms with Crippen molar-refractivity contribution in [3.05, 3.63) is 234 Å². The predicted octanol–water partition coefficient (Wildman–Crippen LogP) is 25.6. The lowest BCUT2D eigenvalue weighted by Gasteiger charge is -2.26. The van der Waals surface area contributed by atoms with Crippen LogP contribution in [0.2, 0.25) is 30.1 Å². The fraction of sp³-hybridized carbons (Fsp3) is 0.330. The van der Waals surface area contributed by atoms with Gasteiger partial charge in [-0.3, -0.25) is 49.6 Å². The van der Waals surface area contributed by atoms with Crippen LogP contribution in [0.3, 0.4) is 0 Å². The van der Waals surface area contributed by atoms with Crippen molar-refractivity contribution in [2.75, 3.05) is 59.7 Å². The number of hydrogen-bond donors (Lipinski definition) is 1. The zero-order valence-electron chi connectivity index (χ0n) is 73.6. The van der Waals surface area contributed by atoms with Crippen molar-refractivity contribution >= 4 is 150 Å². The van der Waals surface area contributed by atoms with E-state index in [1.165, 1.54) is 88.5 Å². The second kappa shape index (κ2) is 38.4. The fourth-order valence-electron chi connectivity index (χ4n) is 14.7. The van der Waals surface area contributed by atoms with Gasteiger partial charge in [-0.15, -0.1) is 0 Å². The van der Waals surface area contributed by atoms with E-state index in [2.05, 4.69) is 40.7 Å². The molecule has 5 aliphatic rings. The van der Waals surface area contributed by atoms with Gasteiger partial charge in [0.15, 0.2) is 0 Å². The van der Waals surface area contributed by atoms with Gasteiger partial charge in [-0.25, -0.2) is 50.8 Å². The number of fused-ring (bicyclic) bond motifs is 15. The van der Waals surface area contributed by atoms with E-state index in [9.17, 15) is 61.7 Å². The van der Waals surface area contributed by atoms with Gasteiger partial charge in [0.1, 0.15) is 74.3 Å². The standard InChI is InChI=1S/C19H16Cl2FN3O2.C19H18ClFN3O3.C19H17ClFN3O2.C18H17BrClFN2O2.C18H18ClFN2O2.CH4/c1-19(2,3)27-18(26)25(5)13-7-11(22)17(23-4)14-9(13)6-12-15(14)16(21)10(20)8-24-12;1-19(2,3)27-18(25)23(4)15-7-14(21)13(8-22)17-11-5-10(20)9-24(26)16(11)6-12(15)17;1-19(2,3)26-18(25)24(4)16-7-14(21)13(8-22)17-11-5-10(20)9-23-15(11)6-12(16)17;1-18(2,3)25-17(24)23(4)14-7-12(21)16(19)15-10-5-9(20)8-22-13(10)6-11(14)15;1-18(2,3)24-17(23)22(4)16-7-11(20)6-12-13-5-10(19)9-21-15(13)8-14(12)16;/h7-8H,6H2,1-3,5H3;5,7,9,26H,6H2,1-4H3;5,7,9H,6H2,1-4H3;5,7-8H,6H2,1-4H3;5-7,9H,8H2,1-4H3;1H4/q;+1;;;;. The van der Waals surface area contributed by atoms with E-state index in [0.717, 1.165) is 50.5 Å². The number of rotatable bonds is 5. The molecular formula is C94H90BrCl6F5N13O11+. The van der Waals surface area contributed by atoms with Crippen LogP contribution in [0.4, 0.5) is 80.0 Å². The highest BCUT2D eigenvalue weighted by molar-refractivity contribution is 9.10. The molecule has 5 amide bonds. The van der Waals surface area contributed by atoms with Gasteiger partial charge in [-0.05, 0) is 219 Å². The molecule has 36 heteroatoms. The first-order valence-corrected chi connectivity index (χ1v) is 42.6. The van der Waals surface area contributed by atoms with Crippen LogP contribution in [-0.4, -0.2) is 119 Å². The number of benzene rings is 5. The fourth-order valence-corrected chi connectivity index (χ4v) is 16.4. The monoisotopic (exact) mass is 1960 g/mol. The number of pyridine rings is 5. The van der Waals surface area contributed by atoms with Crippen LogP contribution in [0.25, 0.3) is 60.5 Å². The molecule has 0 saturated carbocycles. The smallest absolute Gasteiger partial charge is 0.414 e. The second-order valence-corrected chi connectivity index (χ2v) is 38.6. The Labute approximate surface area is 787 Å². The lowest BCUT2D eigenvalue weighted by molar-refractivity contribution is -0.908. The number of aromatic nitrogens is 5. The Kier molecular flexibility index (Phi) is 29.7. The molecule has 0 aliphatic heterocycles. The first kappa shape index (κ1) is 100. The number of amides is 5. The van der Waals surface area contributed by atoms with E-state index in [4.69, 9.17) is 99.9 Å². The summed E-state index contributed by atoms with van der Waals surface area (Å²) in [7, 11) is 7.62. The highest BCUT2D eigenvalue weighted by Gasteiger charge is 2.41. The highest BCUT2D eigenvalue weighted by Crippen LogP contribution is 2.54. The van der Waals surface area contributed by atoms with E-state index < -0.39 is 87.6 Å². The molecule has 130 heavy (non-hydrogen) atoms. The van der Waals surface area contributed by atoms with Crippen LogP contribution in [0, 0.1) is 58.3 Å². The van der Waals surface area contributed by atoms with Crippen molar-refractivity contribution in [2.45, 2.75) is 171 Å². The lowest BCUT2D eigenvalue weighted by Crippen LogP contribution is -2.35. The zero-order valence-corrected chi connectivity index (χ0v) is 79.7. The Balaban J connectivity index is 0.000000169. The molecule has 5 aromatic heterocycles. The Hall–Kier alpha value is -11.7. The van der Waals surface area contributed by atoms with Crippen molar-refractivity contribution in [3.63, 3.8) is 0 Å². The predicted molar refractivity (Wildman–Crippen MR) is 495 cm³/mol. The van der Waals surface area contributed by atoms with Crippen molar-refractivity contribution in [3.8, 4) is 67.8 Å². The van der Waals surface area contributed by atoms with Gasteiger partial charge in [0.2, 0.25) is 17.6 Å². The number of anilines is 5. The summed E-state index contributed by atoms with van der Waals surface area (Å²) >= 11 is 39.8. The first-order chi connectivity index (χ1) is 59.9. The van der Waals surface area contributed by atoms with E-state index >= 15 is 0 Å². The van der Waals surface area contributed by atoms with Crippen molar-refractivity contribution in [2.24, 2.45) is 0 Å². The van der Waals surface area contributed by atoms with Crippen molar-refractivity contribution < 1.29 is 79.5 Å². The molecule has 24 nitrogen and oxygen atoms in total. The number of carbonyl (C=O) groups excluding carboxylic acids is 5. The van der Waals surface area contributed by atoms with E-state index in [1.807, 2.05) is 12.1 Å². The molecule has 5 aromatic carbocycles. The maximum atomic E-state index is 14.7. The van der Waals surface area contributed by atoms with Gasteiger partial charge in [0, 0.05) is 129 Å². The molecule has 0 spiro atoms. The number of hydrogen-bond acceptors (Lipinski definition) is 17. The Morgan fingerprint density at radius 2 is 0.746 bits per heavy atom. The van der Waals surface area contributed by atoms with Gasteiger partial charge < -0.3 is 23.7 Å². The largest absolute Gasteiger partial charge is 0.443 e. The summed E-state index contributed by atoms with van der Waals surface area (Å²) in [6, 6.07) is 18.1. The van der Waals surface area contributed by atoms with Gasteiger partial charge in [-0.1, -0.05) is 77.0 Å². The molecule has 15 rings (SSSR count). The molecule has 680 valence electrons. The van der Waals surface area contributed by atoms with Gasteiger partial charge in [-0.2, -0.15) is 10.5 Å². The van der Waals surface area contributed by atoms with Crippen LogP contribution in [0.1, 0.15) is 179 Å². The van der Waals surface area contributed by atoms with Crippen LogP contribution in [0.5, 0.6) is 0 Å². The van der Waals surface area contributed by atoms with E-state index in [0.29, 0.717) is 146 Å². The number of nitrogens with zero attached hydrogens (tertiary/aromatic N) is 13. The number of ether oxygens (including phenoxy) is 5. The third-order valence-electron chi connectivity index (χ3n) is 20.1. The van der Waals surface area contributed by atoms with Gasteiger partial charge in [0.25, 0.3) is 0 Å². The van der Waals surface area contributed by atoms with E-state index in [-0.39, 0.29) is 51.4 Å². The maximum absolute atomic E-state index is 14.7. The van der Waals surface area contributed by atoms with Crippen LogP contribution < -0.4 is 29.2 Å². The Morgan fingerprint density at radius 1 is 0.423 bits per heavy atom. The highest BCUT2D eigenvalue weighted by atomic mass is 79.9. The molecule has 5 aliphatic carbocycles. The number of nitriles is 2. The number of halogens is 12. The molecule has 0 bridgehead atoms. The molecule has 1 N–H and O–H groups in total. The minimum atomic E-state index is -0.765. The van der Waals surface area contributed by atoms with Gasteiger partial charge in [0.05, 0.1) is 110 Å². The summed E-state index contributed by atoms with van der Waals surface area (Å²) in [5, 5.41) is 31.0. The molecule has 0 saturated heterocycles. The summed E-state index contributed by atoms with van der Waals surface area (Å²) in [6.07, 6.45) is 6.29. The SMILES string of the molecule is C.CN(C(=O)OC(C)(C)C)c1cc(F)c(Br)c2c1Cc1ncc(Cl)cc1-2.CN(C(=O)OC(C)(C)C)c1cc(F)c(C#N)c2c1Cc1c-2cc(Cl)c[n+]1O.CN(C(=O)OC(C)(C)C)c1cc(F)c(C#N)c2c1Cc1ncc(Cl)cc1-2.CN(C(=O)OC(C)(C)C)c1cc(F)cc2c1Cc1ncc(Cl)cc1-2.[C-]#[N+]c1c(F)cc(N(C)C(=O)OC(C)(C)C)c2c1-c1c(ncc(Cl)c1Cl)C2. The minimum Gasteiger partial charge on any atom is -0.443 e. The molecule has 0 fully saturated rings. The maximum Gasteiger partial charge on any atom is 0.414 e. The summed E-state index contributed by atoms with van der Waals surface area (Å²) in [4.78, 5) is 89.0.